The van der Waals surface area contributed by atoms with Crippen molar-refractivity contribution in [2.75, 3.05) is 26.7 Å². The number of allylic oxidation sites excluding steroid dienone is 1. The zero-order valence-corrected chi connectivity index (χ0v) is 14.0. The number of fused-ring (bicyclic) bond motifs is 1. The molecule has 2 rings (SSSR count). The molecule has 1 aliphatic rings. The average Bonchev–Trinajstić information content (AvgIpc) is 2.46. The van der Waals surface area contributed by atoms with Crippen LogP contribution >= 0.6 is 0 Å². The maximum atomic E-state index is 5.65. The van der Waals surface area contributed by atoms with Crippen molar-refractivity contribution in [2.45, 2.75) is 20.8 Å². The lowest BCUT2D eigenvalue weighted by molar-refractivity contribution is 0.352. The molecule has 116 valence electrons. The Hall–Kier alpha value is -1.98. The Labute approximate surface area is 134 Å². The van der Waals surface area contributed by atoms with Crippen molar-refractivity contribution in [3.05, 3.63) is 48.1 Å². The third-order valence-corrected chi connectivity index (χ3v) is 3.31. The third-order valence-electron chi connectivity index (χ3n) is 3.31. The Morgan fingerprint density at radius 3 is 2.82 bits per heavy atom. The lowest BCUT2D eigenvalue weighted by Crippen LogP contribution is -2.22. The van der Waals surface area contributed by atoms with Crippen molar-refractivity contribution in [1.29, 1.82) is 0 Å². The molecule has 2 heteroatoms. The standard InChI is InChI=1S/C20H25NO/c1-20(2,3)13-8-5-9-14-21(4)16-17-12-15-22-19-11-7-6-10-18(17)19/h5-7,9-12H,14-16H2,1-4H3/b9-5+. The molecule has 0 saturated heterocycles. The molecule has 0 saturated carbocycles. The smallest absolute Gasteiger partial charge is 0.127 e. The summed E-state index contributed by atoms with van der Waals surface area (Å²) in [6.07, 6.45) is 6.24. The van der Waals surface area contributed by atoms with E-state index in [1.165, 1.54) is 11.1 Å². The number of rotatable bonds is 4. The van der Waals surface area contributed by atoms with Crippen LogP contribution in [-0.4, -0.2) is 31.6 Å². The molecular weight excluding hydrogens is 270 g/mol. The monoisotopic (exact) mass is 295 g/mol. The van der Waals surface area contributed by atoms with Crippen LogP contribution in [0, 0.1) is 17.3 Å². The molecule has 1 heterocycles. The van der Waals surface area contributed by atoms with Crippen molar-refractivity contribution in [3.8, 4) is 17.6 Å². The second-order valence-corrected chi connectivity index (χ2v) is 6.65. The molecule has 0 atom stereocenters. The van der Waals surface area contributed by atoms with Gasteiger partial charge in [-0.2, -0.15) is 0 Å². The Morgan fingerprint density at radius 1 is 1.27 bits per heavy atom. The summed E-state index contributed by atoms with van der Waals surface area (Å²) in [5, 5.41) is 0. The van der Waals surface area contributed by atoms with Crippen molar-refractivity contribution >= 4 is 5.57 Å². The molecule has 22 heavy (non-hydrogen) atoms. The van der Waals surface area contributed by atoms with Crippen LogP contribution in [0.5, 0.6) is 5.75 Å². The van der Waals surface area contributed by atoms with Crippen molar-refractivity contribution in [1.82, 2.24) is 4.90 Å². The van der Waals surface area contributed by atoms with E-state index in [-0.39, 0.29) is 5.41 Å². The molecule has 0 amide bonds. The predicted molar refractivity (Wildman–Crippen MR) is 93.8 cm³/mol. The molecule has 0 fully saturated rings. The molecule has 1 aromatic rings. The summed E-state index contributed by atoms with van der Waals surface area (Å²) >= 11 is 0. The van der Waals surface area contributed by atoms with Gasteiger partial charge in [0.1, 0.15) is 12.4 Å². The van der Waals surface area contributed by atoms with E-state index in [1.54, 1.807) is 0 Å². The van der Waals surface area contributed by atoms with E-state index in [0.717, 1.165) is 18.8 Å². The Balaban J connectivity index is 1.90. The topological polar surface area (TPSA) is 12.5 Å². The van der Waals surface area contributed by atoms with Crippen LogP contribution in [-0.2, 0) is 0 Å². The van der Waals surface area contributed by atoms with Crippen LogP contribution in [0.3, 0.4) is 0 Å². The predicted octanol–water partition coefficient (Wildman–Crippen LogP) is 4.00. The number of hydrogen-bond acceptors (Lipinski definition) is 2. The largest absolute Gasteiger partial charge is 0.489 e. The number of likely N-dealkylation sites (N-methyl/N-ethyl adjacent to an activating group) is 1. The molecule has 2 nitrogen and oxygen atoms in total. The van der Waals surface area contributed by atoms with Crippen LogP contribution in [0.4, 0.5) is 0 Å². The van der Waals surface area contributed by atoms with E-state index in [4.69, 9.17) is 4.74 Å². The number of para-hydroxylation sites is 1. The first-order chi connectivity index (χ1) is 10.5. The lowest BCUT2D eigenvalue weighted by atomic mass is 9.98. The first-order valence-corrected chi connectivity index (χ1v) is 7.73. The van der Waals surface area contributed by atoms with Crippen LogP contribution < -0.4 is 4.74 Å². The van der Waals surface area contributed by atoms with Gasteiger partial charge < -0.3 is 4.74 Å². The number of benzene rings is 1. The van der Waals surface area contributed by atoms with Gasteiger partial charge >= 0.3 is 0 Å². The summed E-state index contributed by atoms with van der Waals surface area (Å²) in [7, 11) is 2.13. The molecule has 0 unspecified atom stereocenters. The van der Waals surface area contributed by atoms with Gasteiger partial charge in [-0.1, -0.05) is 36.1 Å². The maximum Gasteiger partial charge on any atom is 0.127 e. The Morgan fingerprint density at radius 2 is 2.05 bits per heavy atom. The second kappa shape index (κ2) is 7.33. The third kappa shape index (κ3) is 5.09. The van der Waals surface area contributed by atoms with Crippen LogP contribution in [0.15, 0.2) is 42.5 Å². The molecule has 1 aliphatic heterocycles. The SMILES string of the molecule is CN(C/C=C/C#CC(C)(C)C)CC1=CCOc2ccccc21. The highest BCUT2D eigenvalue weighted by Crippen LogP contribution is 2.29. The van der Waals surface area contributed by atoms with E-state index in [9.17, 15) is 0 Å². The first-order valence-electron chi connectivity index (χ1n) is 7.73. The van der Waals surface area contributed by atoms with Gasteiger partial charge in [0.2, 0.25) is 0 Å². The maximum absolute atomic E-state index is 5.65. The fourth-order valence-corrected chi connectivity index (χ4v) is 2.25. The molecule has 0 bridgehead atoms. The Kier molecular flexibility index (Phi) is 5.46. The van der Waals surface area contributed by atoms with Gasteiger partial charge in [0.15, 0.2) is 0 Å². The second-order valence-electron chi connectivity index (χ2n) is 6.65. The molecule has 0 N–H and O–H groups in total. The summed E-state index contributed by atoms with van der Waals surface area (Å²) < 4.78 is 5.65. The first kappa shape index (κ1) is 16.4. The number of ether oxygens (including phenoxy) is 1. The quantitative estimate of drug-likeness (QED) is 0.779. The summed E-state index contributed by atoms with van der Waals surface area (Å²) in [6, 6.07) is 8.23. The van der Waals surface area contributed by atoms with E-state index in [0.29, 0.717) is 6.61 Å². The fraction of sp³-hybridized carbons (Fsp3) is 0.400. The van der Waals surface area contributed by atoms with E-state index >= 15 is 0 Å². The van der Waals surface area contributed by atoms with Crippen molar-refractivity contribution in [2.24, 2.45) is 5.41 Å². The van der Waals surface area contributed by atoms with Gasteiger partial charge in [-0.05, 0) is 51.6 Å². The summed E-state index contributed by atoms with van der Waals surface area (Å²) in [5.74, 6) is 7.30. The van der Waals surface area contributed by atoms with Gasteiger partial charge in [-0.25, -0.2) is 0 Å². The van der Waals surface area contributed by atoms with Crippen LogP contribution in [0.25, 0.3) is 5.57 Å². The zero-order valence-electron chi connectivity index (χ0n) is 14.0. The van der Waals surface area contributed by atoms with Crippen molar-refractivity contribution < 1.29 is 4.74 Å². The van der Waals surface area contributed by atoms with Gasteiger partial charge in [-0.3, -0.25) is 4.90 Å². The summed E-state index contributed by atoms with van der Waals surface area (Å²) in [4.78, 5) is 2.28. The molecule has 0 spiro atoms. The highest BCUT2D eigenvalue weighted by molar-refractivity contribution is 5.73. The highest BCUT2D eigenvalue weighted by Gasteiger charge is 2.13. The van der Waals surface area contributed by atoms with Crippen LogP contribution in [0.2, 0.25) is 0 Å². The van der Waals surface area contributed by atoms with Crippen molar-refractivity contribution in [3.63, 3.8) is 0 Å². The molecule has 0 radical (unpaired) electrons. The lowest BCUT2D eigenvalue weighted by Gasteiger charge is -2.22. The summed E-state index contributed by atoms with van der Waals surface area (Å²) in [6.45, 7) is 8.82. The van der Waals surface area contributed by atoms with Crippen LogP contribution in [0.1, 0.15) is 26.3 Å². The van der Waals surface area contributed by atoms with Gasteiger partial charge in [-0.15, -0.1) is 0 Å². The van der Waals surface area contributed by atoms with Gasteiger partial charge in [0.05, 0.1) is 0 Å². The average molecular weight is 295 g/mol. The zero-order chi connectivity index (χ0) is 16.0. The normalized spacial score (nSPS) is 14.1. The minimum absolute atomic E-state index is 0.0624. The number of hydrogen-bond donors (Lipinski definition) is 0. The molecular formula is C20H25NO. The molecule has 0 aromatic heterocycles. The summed E-state index contributed by atoms with van der Waals surface area (Å²) in [5.41, 5.74) is 2.60. The van der Waals surface area contributed by atoms with E-state index < -0.39 is 0 Å². The number of nitrogens with zero attached hydrogens (tertiary/aromatic N) is 1. The Bertz CT molecular complexity index is 623. The molecule has 0 aliphatic carbocycles. The van der Waals surface area contributed by atoms with Gasteiger partial charge in [0, 0.05) is 24.1 Å². The minimum Gasteiger partial charge on any atom is -0.489 e. The van der Waals surface area contributed by atoms with E-state index in [2.05, 4.69) is 68.8 Å². The van der Waals surface area contributed by atoms with Gasteiger partial charge in [0.25, 0.3) is 0 Å². The highest BCUT2D eigenvalue weighted by atomic mass is 16.5. The minimum atomic E-state index is 0.0624. The fourth-order valence-electron chi connectivity index (χ4n) is 2.25. The van der Waals surface area contributed by atoms with E-state index in [1.807, 2.05) is 18.2 Å². The molecule has 1 aromatic carbocycles.